The molecule has 1 N–H and O–H groups in total. The zero-order valence-corrected chi connectivity index (χ0v) is 22.1. The van der Waals surface area contributed by atoms with Crippen molar-refractivity contribution in [1.82, 2.24) is 15.1 Å². The average molecular weight is 544 g/mol. The second-order valence-electron chi connectivity index (χ2n) is 10.7. The van der Waals surface area contributed by atoms with Crippen molar-refractivity contribution >= 4 is 17.7 Å². The Morgan fingerprint density at radius 2 is 1.68 bits per heavy atom. The number of likely N-dealkylation sites (tertiary alicyclic amines) is 1. The molecule has 0 bridgehead atoms. The fourth-order valence-electron chi connectivity index (χ4n) is 5.65. The summed E-state index contributed by atoms with van der Waals surface area (Å²) in [6, 6.07) is 19.0. The number of ether oxygens (including phenoxy) is 2. The number of nitrogens with one attached hydrogen (secondary N) is 1. The van der Waals surface area contributed by atoms with Crippen molar-refractivity contribution in [2.24, 2.45) is 5.92 Å². The smallest absolute Gasteiger partial charge is 0.255 e. The van der Waals surface area contributed by atoms with Gasteiger partial charge in [-0.3, -0.25) is 24.6 Å². The first-order chi connectivity index (χ1) is 19.3. The molecule has 0 spiro atoms. The van der Waals surface area contributed by atoms with Gasteiger partial charge in [-0.25, -0.2) is 4.39 Å². The van der Waals surface area contributed by atoms with E-state index in [9.17, 15) is 18.8 Å². The van der Waals surface area contributed by atoms with Gasteiger partial charge in [0.05, 0.1) is 6.54 Å². The fourth-order valence-corrected chi connectivity index (χ4v) is 5.65. The van der Waals surface area contributed by atoms with E-state index in [2.05, 4.69) is 22.3 Å². The molecule has 8 nitrogen and oxygen atoms in total. The van der Waals surface area contributed by atoms with E-state index in [-0.39, 0.29) is 42.6 Å². The first kappa shape index (κ1) is 26.0. The summed E-state index contributed by atoms with van der Waals surface area (Å²) >= 11 is 0. The second-order valence-corrected chi connectivity index (χ2v) is 10.7. The number of hydrogen-bond donors (Lipinski definition) is 1. The predicted molar refractivity (Wildman–Crippen MR) is 144 cm³/mol. The second kappa shape index (κ2) is 10.7. The summed E-state index contributed by atoms with van der Waals surface area (Å²) in [6.45, 7) is 4.87. The molecule has 206 valence electrons. The first-order valence-corrected chi connectivity index (χ1v) is 13.5. The number of piperidine rings is 1. The van der Waals surface area contributed by atoms with Gasteiger partial charge in [0, 0.05) is 37.2 Å². The highest BCUT2D eigenvalue weighted by Gasteiger charge is 2.43. The van der Waals surface area contributed by atoms with Crippen LogP contribution in [0.3, 0.4) is 0 Å². The van der Waals surface area contributed by atoms with E-state index in [1.165, 1.54) is 17.7 Å². The summed E-state index contributed by atoms with van der Waals surface area (Å²) in [6.07, 6.45) is 0.310. The van der Waals surface area contributed by atoms with Crippen LogP contribution in [-0.4, -0.2) is 52.8 Å². The molecule has 0 saturated carbocycles. The lowest BCUT2D eigenvalue weighted by Crippen LogP contribution is -2.56. The highest BCUT2D eigenvalue weighted by molar-refractivity contribution is 6.06. The predicted octanol–water partition coefficient (Wildman–Crippen LogP) is 3.67. The monoisotopic (exact) mass is 543 g/mol. The minimum atomic E-state index is -0.686. The summed E-state index contributed by atoms with van der Waals surface area (Å²) in [5.74, 6) is -0.189. The maximum absolute atomic E-state index is 13.2. The van der Waals surface area contributed by atoms with Gasteiger partial charge in [-0.15, -0.1) is 0 Å². The van der Waals surface area contributed by atoms with E-state index in [1.54, 1.807) is 29.2 Å². The Morgan fingerprint density at radius 3 is 2.40 bits per heavy atom. The van der Waals surface area contributed by atoms with Crippen LogP contribution in [0.25, 0.3) is 0 Å². The Kier molecular flexibility index (Phi) is 6.98. The van der Waals surface area contributed by atoms with Crippen LogP contribution in [0.2, 0.25) is 0 Å². The number of benzene rings is 3. The van der Waals surface area contributed by atoms with Crippen LogP contribution in [-0.2, 0) is 29.3 Å². The van der Waals surface area contributed by atoms with Crippen molar-refractivity contribution in [1.29, 1.82) is 0 Å². The van der Waals surface area contributed by atoms with Crippen molar-refractivity contribution < 1.29 is 28.2 Å². The topological polar surface area (TPSA) is 88.2 Å². The van der Waals surface area contributed by atoms with Gasteiger partial charge in [-0.2, -0.15) is 0 Å². The molecule has 3 aliphatic heterocycles. The van der Waals surface area contributed by atoms with E-state index in [4.69, 9.17) is 9.47 Å². The molecule has 2 atom stereocenters. The van der Waals surface area contributed by atoms with Gasteiger partial charge in [-0.05, 0) is 53.4 Å². The number of halogens is 1. The number of rotatable bonds is 8. The van der Waals surface area contributed by atoms with E-state index in [0.717, 1.165) is 30.8 Å². The molecule has 2 saturated heterocycles. The maximum atomic E-state index is 13.2. The normalized spacial score (nSPS) is 21.1. The lowest BCUT2D eigenvalue weighted by Gasteiger charge is -2.39. The van der Waals surface area contributed by atoms with Gasteiger partial charge in [0.25, 0.3) is 5.91 Å². The third kappa shape index (κ3) is 5.29. The van der Waals surface area contributed by atoms with Crippen LogP contribution >= 0.6 is 0 Å². The SMILES string of the molecule is CC1CC(=O)NC(=O)C1N1Cc2c(OCc3ccc(CN4CC(Oc5ccc(F)cc5)C4)cc3)cccc2C1=O. The van der Waals surface area contributed by atoms with E-state index >= 15 is 0 Å². The largest absolute Gasteiger partial charge is 0.489 e. The number of fused-ring (bicyclic) bond motifs is 1. The summed E-state index contributed by atoms with van der Waals surface area (Å²) in [7, 11) is 0. The van der Waals surface area contributed by atoms with Crippen molar-refractivity contribution in [3.8, 4) is 11.5 Å². The van der Waals surface area contributed by atoms with Crippen molar-refractivity contribution in [2.45, 2.75) is 45.2 Å². The van der Waals surface area contributed by atoms with Crippen LogP contribution in [0.4, 0.5) is 4.39 Å². The highest BCUT2D eigenvalue weighted by atomic mass is 19.1. The summed E-state index contributed by atoms with van der Waals surface area (Å²) < 4.78 is 25.1. The quantitative estimate of drug-likeness (QED) is 0.437. The van der Waals surface area contributed by atoms with Gasteiger partial charge in [0.15, 0.2) is 0 Å². The molecule has 3 aliphatic rings. The lowest BCUT2D eigenvalue weighted by atomic mass is 9.92. The highest BCUT2D eigenvalue weighted by Crippen LogP contribution is 2.35. The number of amides is 3. The molecule has 3 aromatic carbocycles. The van der Waals surface area contributed by atoms with Crippen molar-refractivity contribution in [3.63, 3.8) is 0 Å². The summed E-state index contributed by atoms with van der Waals surface area (Å²) in [4.78, 5) is 41.2. The Hall–Kier alpha value is -4.24. The number of hydrogen-bond acceptors (Lipinski definition) is 6. The third-order valence-corrected chi connectivity index (χ3v) is 7.73. The molecule has 0 aliphatic carbocycles. The van der Waals surface area contributed by atoms with E-state index < -0.39 is 11.9 Å². The number of imide groups is 1. The summed E-state index contributed by atoms with van der Waals surface area (Å²) in [5.41, 5.74) is 3.48. The minimum Gasteiger partial charge on any atom is -0.489 e. The zero-order chi connectivity index (χ0) is 27.8. The first-order valence-electron chi connectivity index (χ1n) is 13.5. The molecule has 40 heavy (non-hydrogen) atoms. The summed E-state index contributed by atoms with van der Waals surface area (Å²) in [5, 5.41) is 2.36. The van der Waals surface area contributed by atoms with Gasteiger partial charge < -0.3 is 14.4 Å². The van der Waals surface area contributed by atoms with Crippen LogP contribution < -0.4 is 14.8 Å². The number of carbonyl (C=O) groups is 3. The van der Waals surface area contributed by atoms with Crippen LogP contribution in [0.15, 0.2) is 66.7 Å². The van der Waals surface area contributed by atoms with Crippen LogP contribution in [0, 0.1) is 11.7 Å². The number of nitrogens with zero attached hydrogens (tertiary/aromatic N) is 2. The molecule has 6 rings (SSSR count). The van der Waals surface area contributed by atoms with Gasteiger partial charge in [0.1, 0.15) is 36.1 Å². The zero-order valence-electron chi connectivity index (χ0n) is 22.1. The number of carbonyl (C=O) groups excluding carboxylic acids is 3. The maximum Gasteiger partial charge on any atom is 0.255 e. The Bertz CT molecular complexity index is 1440. The molecule has 3 amide bonds. The van der Waals surface area contributed by atoms with E-state index in [1.807, 2.05) is 25.1 Å². The molecular formula is C31H30FN3O5. The standard InChI is InChI=1S/C31H30FN3O5/c1-19-13-28(36)33-30(37)29(19)35-17-26-25(31(35)38)3-2-4-27(26)39-18-21-7-5-20(6-8-21)14-34-15-24(16-34)40-23-11-9-22(32)10-12-23/h2-12,19,24,29H,13-18H2,1H3,(H,33,36,37). The minimum absolute atomic E-state index is 0.103. The molecule has 2 fully saturated rings. The fraction of sp³-hybridized carbons (Fsp3) is 0.323. The van der Waals surface area contributed by atoms with Gasteiger partial charge >= 0.3 is 0 Å². The molecule has 3 heterocycles. The van der Waals surface area contributed by atoms with Crippen LogP contribution in [0.1, 0.15) is 40.4 Å². The Labute approximate surface area is 231 Å². The van der Waals surface area contributed by atoms with Gasteiger partial charge in [0.2, 0.25) is 11.8 Å². The Balaban J connectivity index is 1.02. The third-order valence-electron chi connectivity index (χ3n) is 7.73. The van der Waals surface area contributed by atoms with Crippen molar-refractivity contribution in [3.05, 3.63) is 94.8 Å². The lowest BCUT2D eigenvalue weighted by molar-refractivity contribution is -0.139. The molecular weight excluding hydrogens is 513 g/mol. The molecule has 0 radical (unpaired) electrons. The molecule has 2 unspecified atom stereocenters. The van der Waals surface area contributed by atoms with Gasteiger partial charge in [-0.1, -0.05) is 37.3 Å². The Morgan fingerprint density at radius 1 is 0.950 bits per heavy atom. The average Bonchev–Trinajstić information content (AvgIpc) is 3.24. The van der Waals surface area contributed by atoms with E-state index in [0.29, 0.717) is 23.7 Å². The molecule has 9 heteroatoms. The molecule has 3 aromatic rings. The van der Waals surface area contributed by atoms with Crippen molar-refractivity contribution in [2.75, 3.05) is 13.1 Å². The molecule has 0 aromatic heterocycles. The van der Waals surface area contributed by atoms with Crippen LogP contribution in [0.5, 0.6) is 11.5 Å².